The van der Waals surface area contributed by atoms with Crippen molar-refractivity contribution in [3.05, 3.63) is 151 Å². The van der Waals surface area contributed by atoms with E-state index in [1.165, 1.54) is 53.1 Å². The Kier molecular flexibility index (Phi) is 5.50. The van der Waals surface area contributed by atoms with Crippen LogP contribution in [0.15, 0.2) is 140 Å². The smallest absolute Gasteiger partial charge is 0.160 e. The molecule has 3 heterocycles. The van der Waals surface area contributed by atoms with E-state index in [0.717, 1.165) is 39.6 Å². The highest BCUT2D eigenvalue weighted by Crippen LogP contribution is 2.51. The molecule has 1 aliphatic rings. The summed E-state index contributed by atoms with van der Waals surface area (Å²) in [7, 11) is 0. The highest BCUT2D eigenvalue weighted by molar-refractivity contribution is 7.25. The van der Waals surface area contributed by atoms with Gasteiger partial charge in [-0.3, -0.25) is 0 Å². The summed E-state index contributed by atoms with van der Waals surface area (Å²) < 4.78 is 5.05. The summed E-state index contributed by atoms with van der Waals surface area (Å²) in [6, 6.07) is 50.3. The maximum Gasteiger partial charge on any atom is 0.160 e. The molecule has 222 valence electrons. The molecule has 0 saturated heterocycles. The molecule has 1 aliphatic carbocycles. The van der Waals surface area contributed by atoms with Crippen molar-refractivity contribution in [1.29, 1.82) is 0 Å². The average Bonchev–Trinajstić information content (AvgIpc) is 3.72. The molecule has 3 nitrogen and oxygen atoms in total. The van der Waals surface area contributed by atoms with Gasteiger partial charge in [0.2, 0.25) is 0 Å². The topological polar surface area (TPSA) is 30.7 Å². The van der Waals surface area contributed by atoms with Crippen molar-refractivity contribution in [2.75, 3.05) is 0 Å². The summed E-state index contributed by atoms with van der Waals surface area (Å²) in [6.45, 7) is 4.56. The monoisotopic (exact) mass is 619 g/mol. The fourth-order valence-corrected chi connectivity index (χ4v) is 8.82. The van der Waals surface area contributed by atoms with Gasteiger partial charge in [-0.05, 0) is 47.5 Å². The molecule has 0 N–H and O–H groups in total. The number of nitrogens with zero attached hydrogens (tertiary/aromatic N) is 3. The summed E-state index contributed by atoms with van der Waals surface area (Å²) in [5.74, 6) is 0.763. The van der Waals surface area contributed by atoms with Crippen molar-refractivity contribution >= 4 is 53.3 Å². The van der Waals surface area contributed by atoms with Crippen LogP contribution in [-0.2, 0) is 5.41 Å². The van der Waals surface area contributed by atoms with Crippen LogP contribution in [0.25, 0.3) is 81.4 Å². The third kappa shape index (κ3) is 3.79. The Morgan fingerprint density at radius 1 is 0.553 bits per heavy atom. The Bertz CT molecular complexity index is 2700. The third-order valence-corrected chi connectivity index (χ3v) is 11.1. The van der Waals surface area contributed by atoms with Gasteiger partial charge in [0.1, 0.15) is 0 Å². The molecular weight excluding hydrogens is 591 g/mol. The first-order valence-electron chi connectivity index (χ1n) is 16.1. The van der Waals surface area contributed by atoms with Gasteiger partial charge in [-0.1, -0.05) is 117 Å². The zero-order valence-corrected chi connectivity index (χ0v) is 26.8. The van der Waals surface area contributed by atoms with E-state index in [2.05, 4.69) is 152 Å². The molecule has 0 unspecified atom stereocenters. The van der Waals surface area contributed by atoms with E-state index in [0.29, 0.717) is 0 Å². The lowest BCUT2D eigenvalue weighted by Crippen LogP contribution is -2.17. The molecule has 0 bridgehead atoms. The van der Waals surface area contributed by atoms with Gasteiger partial charge in [-0.15, -0.1) is 11.3 Å². The number of rotatable bonds is 3. The largest absolute Gasteiger partial charge is 0.309 e. The molecule has 0 spiro atoms. The standard InChI is InChI=1S/C43H29N3S/c1-43(2)34-17-9-6-16-31(34)39-40(44-42(45-41(39)43)27-12-4-3-5-13-27)26-20-22-28(23-21-26)46-35-18-10-7-14-29(35)32-24-33-30-15-8-11-19-37(30)47-38(33)25-36(32)46/h3-25H,1-2H3. The van der Waals surface area contributed by atoms with E-state index >= 15 is 0 Å². The number of aromatic nitrogens is 3. The highest BCUT2D eigenvalue weighted by atomic mass is 32.1. The van der Waals surface area contributed by atoms with Crippen LogP contribution >= 0.6 is 11.3 Å². The van der Waals surface area contributed by atoms with Gasteiger partial charge in [0.25, 0.3) is 0 Å². The normalized spacial score (nSPS) is 13.5. The molecule has 0 saturated carbocycles. The Labute approximate surface area is 276 Å². The van der Waals surface area contributed by atoms with Gasteiger partial charge in [0.15, 0.2) is 5.82 Å². The van der Waals surface area contributed by atoms with Gasteiger partial charge in [0.05, 0.1) is 22.4 Å². The van der Waals surface area contributed by atoms with E-state index in [1.54, 1.807) is 0 Å². The Morgan fingerprint density at radius 2 is 1.28 bits per heavy atom. The summed E-state index contributed by atoms with van der Waals surface area (Å²) in [6.07, 6.45) is 0. The predicted molar refractivity (Wildman–Crippen MR) is 198 cm³/mol. The molecule has 6 aromatic carbocycles. The second-order valence-corrected chi connectivity index (χ2v) is 14.1. The second kappa shape index (κ2) is 9.71. The Hall–Kier alpha value is -5.58. The number of hydrogen-bond donors (Lipinski definition) is 0. The minimum atomic E-state index is -0.228. The first-order chi connectivity index (χ1) is 23.1. The van der Waals surface area contributed by atoms with E-state index < -0.39 is 0 Å². The van der Waals surface area contributed by atoms with Gasteiger partial charge < -0.3 is 4.57 Å². The van der Waals surface area contributed by atoms with E-state index in [-0.39, 0.29) is 5.41 Å². The van der Waals surface area contributed by atoms with Crippen LogP contribution in [0, 0.1) is 0 Å². The minimum Gasteiger partial charge on any atom is -0.309 e. The number of benzene rings is 6. The fourth-order valence-electron chi connectivity index (χ4n) is 7.70. The molecule has 47 heavy (non-hydrogen) atoms. The Balaban J connectivity index is 1.19. The zero-order valence-electron chi connectivity index (χ0n) is 26.0. The van der Waals surface area contributed by atoms with E-state index in [1.807, 2.05) is 17.4 Å². The average molecular weight is 620 g/mol. The summed E-state index contributed by atoms with van der Waals surface area (Å²) in [4.78, 5) is 10.5. The van der Waals surface area contributed by atoms with Crippen LogP contribution < -0.4 is 0 Å². The number of fused-ring (bicyclic) bond motifs is 9. The molecule has 0 aliphatic heterocycles. The van der Waals surface area contributed by atoms with Gasteiger partial charge >= 0.3 is 0 Å². The quantitative estimate of drug-likeness (QED) is 0.197. The van der Waals surface area contributed by atoms with Crippen LogP contribution in [0.5, 0.6) is 0 Å². The maximum absolute atomic E-state index is 5.28. The lowest BCUT2D eigenvalue weighted by Gasteiger charge is -2.21. The van der Waals surface area contributed by atoms with Crippen LogP contribution in [0.2, 0.25) is 0 Å². The van der Waals surface area contributed by atoms with Crippen LogP contribution in [-0.4, -0.2) is 14.5 Å². The molecule has 0 radical (unpaired) electrons. The summed E-state index contributed by atoms with van der Waals surface area (Å²) in [5.41, 5.74) is 11.2. The van der Waals surface area contributed by atoms with Crippen molar-refractivity contribution in [2.24, 2.45) is 0 Å². The fraction of sp³-hybridized carbons (Fsp3) is 0.0698. The van der Waals surface area contributed by atoms with Crippen LogP contribution in [0.1, 0.15) is 25.1 Å². The third-order valence-electron chi connectivity index (χ3n) is 9.97. The molecule has 0 fully saturated rings. The first kappa shape index (κ1) is 26.6. The lowest BCUT2D eigenvalue weighted by atomic mass is 9.85. The SMILES string of the molecule is CC1(C)c2ccccc2-c2c(-c3ccc(-n4c5ccccc5c5cc6c(cc54)sc4ccccc46)cc3)nc(-c3ccccc3)nc21. The molecule has 0 amide bonds. The van der Waals surface area contributed by atoms with Gasteiger partial charge in [0, 0.05) is 58.7 Å². The van der Waals surface area contributed by atoms with Gasteiger partial charge in [-0.25, -0.2) is 9.97 Å². The van der Waals surface area contributed by atoms with Crippen molar-refractivity contribution in [1.82, 2.24) is 14.5 Å². The lowest BCUT2D eigenvalue weighted by molar-refractivity contribution is 0.636. The summed E-state index contributed by atoms with van der Waals surface area (Å²) >= 11 is 1.87. The van der Waals surface area contributed by atoms with Crippen molar-refractivity contribution < 1.29 is 0 Å². The maximum atomic E-state index is 5.28. The number of hydrogen-bond acceptors (Lipinski definition) is 3. The van der Waals surface area contributed by atoms with Crippen molar-refractivity contribution in [3.63, 3.8) is 0 Å². The molecule has 4 heteroatoms. The molecule has 9 aromatic rings. The van der Waals surface area contributed by atoms with Crippen LogP contribution in [0.4, 0.5) is 0 Å². The second-order valence-electron chi connectivity index (χ2n) is 13.0. The van der Waals surface area contributed by atoms with E-state index in [9.17, 15) is 0 Å². The number of para-hydroxylation sites is 1. The zero-order chi connectivity index (χ0) is 31.3. The molecule has 10 rings (SSSR count). The first-order valence-corrected chi connectivity index (χ1v) is 16.9. The molecule has 0 atom stereocenters. The van der Waals surface area contributed by atoms with Crippen LogP contribution in [0.3, 0.4) is 0 Å². The van der Waals surface area contributed by atoms with Crippen molar-refractivity contribution in [2.45, 2.75) is 19.3 Å². The summed E-state index contributed by atoms with van der Waals surface area (Å²) in [5, 5.41) is 5.20. The predicted octanol–water partition coefficient (Wildman–Crippen LogP) is 11.6. The Morgan fingerprint density at radius 3 is 2.13 bits per heavy atom. The van der Waals surface area contributed by atoms with E-state index in [4.69, 9.17) is 9.97 Å². The minimum absolute atomic E-state index is 0.228. The molecular formula is C43H29N3S. The van der Waals surface area contributed by atoms with Gasteiger partial charge in [-0.2, -0.15) is 0 Å². The van der Waals surface area contributed by atoms with Crippen molar-refractivity contribution in [3.8, 4) is 39.5 Å². The molecule has 3 aromatic heterocycles. The number of thiophene rings is 1. The highest BCUT2D eigenvalue weighted by Gasteiger charge is 2.39.